The molecule has 0 saturated heterocycles. The second-order valence-corrected chi connectivity index (χ2v) is 10.6. The third-order valence-corrected chi connectivity index (χ3v) is 7.28. The maximum Gasteiger partial charge on any atom is 0.246 e. The van der Waals surface area contributed by atoms with E-state index in [0.29, 0.717) is 17.1 Å². The molecule has 0 atom stereocenters. The minimum atomic E-state index is -3.57. The molecule has 1 saturated carbocycles. The van der Waals surface area contributed by atoms with Gasteiger partial charge in [0.25, 0.3) is 0 Å². The van der Waals surface area contributed by atoms with Crippen LogP contribution in [0.1, 0.15) is 64.1 Å². The summed E-state index contributed by atoms with van der Waals surface area (Å²) >= 11 is 0. The van der Waals surface area contributed by atoms with E-state index in [2.05, 4.69) is 5.10 Å². The van der Waals surface area contributed by atoms with E-state index in [1.54, 1.807) is 22.2 Å². The summed E-state index contributed by atoms with van der Waals surface area (Å²) in [5.74, 6) is 0. The number of rotatable bonds is 5. The van der Waals surface area contributed by atoms with Crippen molar-refractivity contribution in [2.24, 2.45) is 0 Å². The van der Waals surface area contributed by atoms with Crippen molar-refractivity contribution in [1.29, 1.82) is 0 Å². The first-order chi connectivity index (χ1) is 12.7. The van der Waals surface area contributed by atoms with Crippen LogP contribution in [0.25, 0.3) is 0 Å². The lowest BCUT2D eigenvalue weighted by Gasteiger charge is -2.31. The highest BCUT2D eigenvalue weighted by Crippen LogP contribution is 2.32. The fraction of sp³-hybridized carbons (Fsp3) is 0.571. The first kappa shape index (κ1) is 20.1. The van der Waals surface area contributed by atoms with Gasteiger partial charge in [-0.05, 0) is 18.4 Å². The van der Waals surface area contributed by atoms with Gasteiger partial charge in [0.2, 0.25) is 10.0 Å². The van der Waals surface area contributed by atoms with Gasteiger partial charge in [-0.3, -0.25) is 4.68 Å². The lowest BCUT2D eigenvalue weighted by atomic mass is 9.92. The molecule has 0 unspecified atom stereocenters. The molecule has 6 heteroatoms. The number of sulfonamides is 1. The van der Waals surface area contributed by atoms with Gasteiger partial charge in [0, 0.05) is 24.7 Å². The van der Waals surface area contributed by atoms with Gasteiger partial charge in [0.1, 0.15) is 4.90 Å². The minimum Gasteiger partial charge on any atom is -0.267 e. The molecule has 1 aliphatic carbocycles. The van der Waals surface area contributed by atoms with Crippen LogP contribution >= 0.6 is 0 Å². The molecule has 0 radical (unpaired) electrons. The van der Waals surface area contributed by atoms with Crippen molar-refractivity contribution in [3.8, 4) is 0 Å². The SMILES string of the molecule is CN(C1CCCCC1)S(=O)(=O)c1cn(Cc2ccccc2)nc1C(C)(C)C. The van der Waals surface area contributed by atoms with E-state index in [4.69, 9.17) is 0 Å². The first-order valence-electron chi connectivity index (χ1n) is 9.79. The molecular weight excluding hydrogens is 358 g/mol. The summed E-state index contributed by atoms with van der Waals surface area (Å²) in [6, 6.07) is 10.1. The molecular formula is C21H31N3O2S. The Labute approximate surface area is 163 Å². The average molecular weight is 390 g/mol. The highest BCUT2D eigenvalue weighted by atomic mass is 32.2. The van der Waals surface area contributed by atoms with Gasteiger partial charge in [-0.2, -0.15) is 9.40 Å². The van der Waals surface area contributed by atoms with Gasteiger partial charge in [-0.25, -0.2) is 8.42 Å². The molecule has 1 aliphatic rings. The maximum absolute atomic E-state index is 13.4. The topological polar surface area (TPSA) is 55.2 Å². The van der Waals surface area contributed by atoms with E-state index in [1.165, 1.54) is 6.42 Å². The van der Waals surface area contributed by atoms with Crippen LogP contribution in [0, 0.1) is 0 Å². The third-order valence-electron chi connectivity index (χ3n) is 5.37. The molecule has 3 rings (SSSR count). The Morgan fingerprint density at radius 2 is 1.74 bits per heavy atom. The quantitative estimate of drug-likeness (QED) is 0.771. The molecule has 27 heavy (non-hydrogen) atoms. The number of hydrogen-bond donors (Lipinski definition) is 0. The van der Waals surface area contributed by atoms with Crippen LogP contribution in [0.4, 0.5) is 0 Å². The molecule has 1 heterocycles. The third kappa shape index (κ3) is 4.43. The van der Waals surface area contributed by atoms with Crippen molar-refractivity contribution in [1.82, 2.24) is 14.1 Å². The second-order valence-electron chi connectivity index (χ2n) is 8.59. The van der Waals surface area contributed by atoms with Crippen LogP contribution in [-0.4, -0.2) is 35.6 Å². The van der Waals surface area contributed by atoms with Gasteiger partial charge >= 0.3 is 0 Å². The fourth-order valence-corrected chi connectivity index (χ4v) is 5.52. The van der Waals surface area contributed by atoms with Crippen molar-refractivity contribution >= 4 is 10.0 Å². The van der Waals surface area contributed by atoms with Gasteiger partial charge < -0.3 is 0 Å². The summed E-state index contributed by atoms with van der Waals surface area (Å²) in [6.45, 7) is 6.61. The zero-order valence-electron chi connectivity index (χ0n) is 16.9. The monoisotopic (exact) mass is 389 g/mol. The average Bonchev–Trinajstić information content (AvgIpc) is 3.08. The molecule has 0 spiro atoms. The minimum absolute atomic E-state index is 0.0917. The fourth-order valence-electron chi connectivity index (χ4n) is 3.76. The zero-order chi connectivity index (χ0) is 19.7. The number of benzene rings is 1. The molecule has 5 nitrogen and oxygen atoms in total. The van der Waals surface area contributed by atoms with Crippen LogP contribution < -0.4 is 0 Å². The Bertz CT molecular complexity index is 861. The van der Waals surface area contributed by atoms with Crippen molar-refractivity contribution < 1.29 is 8.42 Å². The molecule has 0 aliphatic heterocycles. The standard InChI is InChI=1S/C21H31N3O2S/c1-21(2,3)20-19(16-24(22-20)15-17-11-7-5-8-12-17)27(25,26)23(4)18-13-9-6-10-14-18/h5,7-8,11-12,16,18H,6,9-10,13-15H2,1-4H3. The highest BCUT2D eigenvalue weighted by molar-refractivity contribution is 7.89. The molecule has 0 bridgehead atoms. The Kier molecular flexibility index (Phi) is 5.77. The Balaban J connectivity index is 1.97. The van der Waals surface area contributed by atoms with E-state index in [1.807, 2.05) is 51.1 Å². The number of nitrogens with zero attached hydrogens (tertiary/aromatic N) is 3. The summed E-state index contributed by atoms with van der Waals surface area (Å²) in [5.41, 5.74) is 1.39. The van der Waals surface area contributed by atoms with Crippen LogP contribution in [0.3, 0.4) is 0 Å². The van der Waals surface area contributed by atoms with Gasteiger partial charge in [0.15, 0.2) is 0 Å². The van der Waals surface area contributed by atoms with E-state index < -0.39 is 10.0 Å². The molecule has 1 aromatic carbocycles. The summed E-state index contributed by atoms with van der Waals surface area (Å²) in [4.78, 5) is 0.346. The summed E-state index contributed by atoms with van der Waals surface area (Å²) in [7, 11) is -1.85. The summed E-state index contributed by atoms with van der Waals surface area (Å²) in [5, 5.41) is 4.68. The first-order valence-corrected chi connectivity index (χ1v) is 11.2. The zero-order valence-corrected chi connectivity index (χ0v) is 17.7. The lowest BCUT2D eigenvalue weighted by molar-refractivity contribution is 0.285. The van der Waals surface area contributed by atoms with Gasteiger partial charge in [-0.15, -0.1) is 0 Å². The predicted octanol–water partition coefficient (Wildman–Crippen LogP) is 4.18. The van der Waals surface area contributed by atoms with E-state index in [0.717, 1.165) is 31.2 Å². The second kappa shape index (κ2) is 7.76. The van der Waals surface area contributed by atoms with Gasteiger partial charge in [0.05, 0.1) is 12.2 Å². The Morgan fingerprint density at radius 1 is 1.11 bits per heavy atom. The van der Waals surface area contributed by atoms with Gasteiger partial charge in [-0.1, -0.05) is 70.4 Å². The lowest BCUT2D eigenvalue weighted by Crippen LogP contribution is -2.39. The van der Waals surface area contributed by atoms with Crippen molar-refractivity contribution in [2.45, 2.75) is 75.8 Å². The summed E-state index contributed by atoms with van der Waals surface area (Å²) < 4.78 is 30.2. The smallest absolute Gasteiger partial charge is 0.246 e. The number of hydrogen-bond acceptors (Lipinski definition) is 3. The molecule has 1 fully saturated rings. The Hall–Kier alpha value is -1.66. The van der Waals surface area contributed by atoms with E-state index >= 15 is 0 Å². The van der Waals surface area contributed by atoms with Crippen LogP contribution in [-0.2, 0) is 22.0 Å². The van der Waals surface area contributed by atoms with Crippen LogP contribution in [0.5, 0.6) is 0 Å². The van der Waals surface area contributed by atoms with E-state index in [9.17, 15) is 8.42 Å². The molecule has 2 aromatic rings. The highest BCUT2D eigenvalue weighted by Gasteiger charge is 2.35. The maximum atomic E-state index is 13.4. The van der Waals surface area contributed by atoms with Crippen molar-refractivity contribution in [2.75, 3.05) is 7.05 Å². The van der Waals surface area contributed by atoms with Crippen molar-refractivity contribution in [3.63, 3.8) is 0 Å². The van der Waals surface area contributed by atoms with E-state index in [-0.39, 0.29) is 11.5 Å². The van der Waals surface area contributed by atoms with Crippen LogP contribution in [0.2, 0.25) is 0 Å². The molecule has 0 amide bonds. The molecule has 0 N–H and O–H groups in total. The van der Waals surface area contributed by atoms with Crippen LogP contribution in [0.15, 0.2) is 41.4 Å². The molecule has 1 aromatic heterocycles. The van der Waals surface area contributed by atoms with Crippen molar-refractivity contribution in [3.05, 3.63) is 47.8 Å². The largest absolute Gasteiger partial charge is 0.267 e. The molecule has 148 valence electrons. The Morgan fingerprint density at radius 3 is 2.33 bits per heavy atom. The predicted molar refractivity (Wildman–Crippen MR) is 108 cm³/mol. The number of aromatic nitrogens is 2. The summed E-state index contributed by atoms with van der Waals surface area (Å²) in [6.07, 6.45) is 7.00. The normalized spacial score (nSPS) is 16.8.